The molecule has 1 heterocycles. The van der Waals surface area contributed by atoms with E-state index in [1.54, 1.807) is 0 Å². The molecule has 0 spiro atoms. The summed E-state index contributed by atoms with van der Waals surface area (Å²) in [4.78, 5) is 1.17. The lowest BCUT2D eigenvalue weighted by Crippen LogP contribution is -2.10. The molecule has 0 aromatic carbocycles. The van der Waals surface area contributed by atoms with Gasteiger partial charge in [-0.15, -0.1) is 15.0 Å². The van der Waals surface area contributed by atoms with E-state index in [-0.39, 0.29) is 0 Å². The van der Waals surface area contributed by atoms with Crippen LogP contribution in [0.15, 0.2) is 6.33 Å². The standard InChI is InChI=1S/C4H8N4O/c1-2-4(9)8-6-3-5-7-8/h3-4,9H,2H2,1H3. The summed E-state index contributed by atoms with van der Waals surface area (Å²) in [6.07, 6.45) is 1.25. The highest BCUT2D eigenvalue weighted by Gasteiger charge is 2.02. The Morgan fingerprint density at radius 2 is 2.56 bits per heavy atom. The topological polar surface area (TPSA) is 63.8 Å². The lowest BCUT2D eigenvalue weighted by atomic mass is 10.4. The summed E-state index contributed by atoms with van der Waals surface area (Å²) >= 11 is 0. The highest BCUT2D eigenvalue weighted by molar-refractivity contribution is 4.43. The van der Waals surface area contributed by atoms with Crippen LogP contribution in [0.4, 0.5) is 0 Å². The summed E-state index contributed by atoms with van der Waals surface area (Å²) in [5.74, 6) is 0. The third-order valence-electron chi connectivity index (χ3n) is 0.997. The van der Waals surface area contributed by atoms with E-state index >= 15 is 0 Å². The van der Waals surface area contributed by atoms with Gasteiger partial charge in [0, 0.05) is 0 Å². The molecule has 0 aliphatic carbocycles. The normalized spacial score (nSPS) is 13.6. The van der Waals surface area contributed by atoms with Gasteiger partial charge in [-0.3, -0.25) is 0 Å². The molecule has 5 nitrogen and oxygen atoms in total. The zero-order valence-electron chi connectivity index (χ0n) is 5.10. The summed E-state index contributed by atoms with van der Waals surface area (Å²) in [5.41, 5.74) is 0. The molecule has 0 saturated heterocycles. The molecule has 0 saturated carbocycles. The van der Waals surface area contributed by atoms with Gasteiger partial charge >= 0.3 is 0 Å². The van der Waals surface area contributed by atoms with E-state index < -0.39 is 6.23 Å². The maximum Gasteiger partial charge on any atom is 0.167 e. The predicted molar refractivity (Wildman–Crippen MR) is 29.4 cm³/mol. The molecule has 1 aromatic heterocycles. The van der Waals surface area contributed by atoms with E-state index in [1.807, 2.05) is 6.92 Å². The van der Waals surface area contributed by atoms with E-state index in [4.69, 9.17) is 5.11 Å². The van der Waals surface area contributed by atoms with Crippen molar-refractivity contribution in [3.63, 3.8) is 0 Å². The Bertz CT molecular complexity index is 161. The molecular formula is C4H8N4O. The number of aliphatic hydroxyl groups excluding tert-OH is 1. The maximum absolute atomic E-state index is 9.02. The highest BCUT2D eigenvalue weighted by atomic mass is 16.3. The minimum absolute atomic E-state index is 0.594. The fourth-order valence-corrected chi connectivity index (χ4v) is 0.475. The average Bonchev–Trinajstić information content (AvgIpc) is 2.37. The van der Waals surface area contributed by atoms with Crippen LogP contribution in [0.25, 0.3) is 0 Å². The van der Waals surface area contributed by atoms with Gasteiger partial charge in [0.15, 0.2) is 12.6 Å². The van der Waals surface area contributed by atoms with E-state index in [2.05, 4.69) is 15.4 Å². The molecule has 1 N–H and O–H groups in total. The van der Waals surface area contributed by atoms with Crippen LogP contribution in [0.3, 0.4) is 0 Å². The van der Waals surface area contributed by atoms with Crippen molar-refractivity contribution in [3.05, 3.63) is 6.33 Å². The molecule has 9 heavy (non-hydrogen) atoms. The maximum atomic E-state index is 9.02. The molecule has 0 radical (unpaired) electrons. The first-order valence-electron chi connectivity index (χ1n) is 2.75. The summed E-state index contributed by atoms with van der Waals surface area (Å²) in [6, 6.07) is 0. The van der Waals surface area contributed by atoms with Crippen molar-refractivity contribution in [2.75, 3.05) is 0 Å². The zero-order valence-corrected chi connectivity index (χ0v) is 5.10. The Balaban J connectivity index is 2.65. The van der Waals surface area contributed by atoms with Crippen LogP contribution in [0.5, 0.6) is 0 Å². The Morgan fingerprint density at radius 1 is 1.78 bits per heavy atom. The van der Waals surface area contributed by atoms with Crippen LogP contribution in [0.1, 0.15) is 19.6 Å². The van der Waals surface area contributed by atoms with Crippen molar-refractivity contribution in [1.29, 1.82) is 0 Å². The number of aromatic nitrogens is 4. The second-order valence-electron chi connectivity index (χ2n) is 1.65. The fourth-order valence-electron chi connectivity index (χ4n) is 0.475. The van der Waals surface area contributed by atoms with Gasteiger partial charge in [-0.25, -0.2) is 0 Å². The number of hydrogen-bond donors (Lipinski definition) is 1. The molecule has 1 aromatic rings. The molecule has 0 fully saturated rings. The van der Waals surface area contributed by atoms with Crippen LogP contribution in [-0.4, -0.2) is 25.3 Å². The first-order valence-corrected chi connectivity index (χ1v) is 2.75. The SMILES string of the molecule is CCC(O)n1ncnn1. The van der Waals surface area contributed by atoms with E-state index in [0.717, 1.165) is 0 Å². The molecule has 1 unspecified atom stereocenters. The second kappa shape index (κ2) is 2.54. The summed E-state index contributed by atoms with van der Waals surface area (Å²) in [5, 5.41) is 19.6. The van der Waals surface area contributed by atoms with Crippen LogP contribution in [-0.2, 0) is 0 Å². The molecule has 0 aliphatic heterocycles. The van der Waals surface area contributed by atoms with Gasteiger partial charge < -0.3 is 5.11 Å². The molecule has 1 rings (SSSR count). The van der Waals surface area contributed by atoms with Crippen molar-refractivity contribution in [2.45, 2.75) is 19.6 Å². The van der Waals surface area contributed by atoms with Gasteiger partial charge in [-0.05, 0) is 11.6 Å². The van der Waals surface area contributed by atoms with Crippen molar-refractivity contribution in [2.24, 2.45) is 0 Å². The van der Waals surface area contributed by atoms with Crippen LogP contribution < -0.4 is 0 Å². The van der Waals surface area contributed by atoms with E-state index in [9.17, 15) is 0 Å². The first kappa shape index (κ1) is 6.15. The first-order chi connectivity index (χ1) is 4.34. The van der Waals surface area contributed by atoms with Crippen LogP contribution in [0.2, 0.25) is 0 Å². The Kier molecular flexibility index (Phi) is 1.74. The summed E-state index contributed by atoms with van der Waals surface area (Å²) in [7, 11) is 0. The monoisotopic (exact) mass is 128 g/mol. The van der Waals surface area contributed by atoms with Crippen molar-refractivity contribution < 1.29 is 5.11 Å². The van der Waals surface area contributed by atoms with E-state index in [0.29, 0.717) is 6.42 Å². The predicted octanol–water partition coefficient (Wildman–Crippen LogP) is -0.426. The minimum atomic E-state index is -0.632. The molecule has 0 aliphatic rings. The van der Waals surface area contributed by atoms with Gasteiger partial charge in [-0.1, -0.05) is 6.92 Å². The largest absolute Gasteiger partial charge is 0.370 e. The Labute approximate surface area is 52.3 Å². The lowest BCUT2D eigenvalue weighted by molar-refractivity contribution is 0.0701. The number of hydrogen-bond acceptors (Lipinski definition) is 4. The third-order valence-corrected chi connectivity index (χ3v) is 0.997. The van der Waals surface area contributed by atoms with Gasteiger partial charge in [0.1, 0.15) is 0 Å². The van der Waals surface area contributed by atoms with Crippen LogP contribution >= 0.6 is 0 Å². The fraction of sp³-hybridized carbons (Fsp3) is 0.750. The molecule has 5 heteroatoms. The number of nitrogens with zero attached hydrogens (tertiary/aromatic N) is 4. The Morgan fingerprint density at radius 3 is 3.00 bits per heavy atom. The van der Waals surface area contributed by atoms with Crippen molar-refractivity contribution >= 4 is 0 Å². The summed E-state index contributed by atoms with van der Waals surface area (Å²) in [6.45, 7) is 1.84. The quantitative estimate of drug-likeness (QED) is 0.587. The molecule has 0 bridgehead atoms. The van der Waals surface area contributed by atoms with Gasteiger partial charge in [0.2, 0.25) is 0 Å². The molecule has 50 valence electrons. The van der Waals surface area contributed by atoms with Gasteiger partial charge in [-0.2, -0.15) is 0 Å². The highest BCUT2D eigenvalue weighted by Crippen LogP contribution is 1.98. The number of rotatable bonds is 2. The second-order valence-corrected chi connectivity index (χ2v) is 1.65. The minimum Gasteiger partial charge on any atom is -0.370 e. The van der Waals surface area contributed by atoms with Gasteiger partial charge in [0.25, 0.3) is 0 Å². The number of tetrazole rings is 1. The smallest absolute Gasteiger partial charge is 0.167 e. The molecular weight excluding hydrogens is 120 g/mol. The number of aliphatic hydroxyl groups is 1. The zero-order chi connectivity index (χ0) is 6.69. The average molecular weight is 128 g/mol. The Hall–Kier alpha value is -0.970. The lowest BCUT2D eigenvalue weighted by Gasteiger charge is -2.02. The third kappa shape index (κ3) is 1.23. The van der Waals surface area contributed by atoms with Gasteiger partial charge in [0.05, 0.1) is 0 Å². The molecule has 0 amide bonds. The van der Waals surface area contributed by atoms with Crippen LogP contribution in [0, 0.1) is 0 Å². The molecule has 1 atom stereocenters. The van der Waals surface area contributed by atoms with Crippen molar-refractivity contribution in [1.82, 2.24) is 20.2 Å². The van der Waals surface area contributed by atoms with Crippen molar-refractivity contribution in [3.8, 4) is 0 Å². The summed E-state index contributed by atoms with van der Waals surface area (Å²) < 4.78 is 0. The van der Waals surface area contributed by atoms with E-state index in [1.165, 1.54) is 11.1 Å².